The number of carbonyl (C=O) groups excluding carboxylic acids is 1. The molecule has 1 aliphatic carbocycles. The van der Waals surface area contributed by atoms with Gasteiger partial charge in [-0.1, -0.05) is 19.3 Å². The summed E-state index contributed by atoms with van der Waals surface area (Å²) in [7, 11) is -3.12. The Kier molecular flexibility index (Phi) is 8.80. The van der Waals surface area contributed by atoms with Crippen molar-refractivity contribution in [2.24, 2.45) is 0 Å². The Labute approximate surface area is 161 Å². The maximum absolute atomic E-state index is 11.8. The zero-order valence-electron chi connectivity index (χ0n) is 11.6. The van der Waals surface area contributed by atoms with Crippen molar-refractivity contribution in [3.8, 4) is 0 Å². The van der Waals surface area contributed by atoms with Crippen molar-refractivity contribution in [2.45, 2.75) is 43.1 Å². The number of hydrogen-bond donors (Lipinski definition) is 0. The zero-order valence-corrected chi connectivity index (χ0v) is 15.6. The standard InChI is InChI=1S/C12H15N2O3S.K.H2O/c1-2-9(7-15)11-5-6-13-12(14-11)8-18(16,17)10-3-4-10;;/h5-6,9-10H,2-4,8H2,1H3;;1H2/q-1;+1;/p-1. The fraction of sp³-hybridized carbons (Fsp3) is 0.583. The molecule has 1 aromatic rings. The van der Waals surface area contributed by atoms with Gasteiger partial charge in [-0.15, -0.1) is 0 Å². The molecule has 1 saturated carbocycles. The van der Waals surface area contributed by atoms with Crippen molar-refractivity contribution in [2.75, 3.05) is 0 Å². The van der Waals surface area contributed by atoms with Gasteiger partial charge < -0.3 is 10.3 Å². The molecule has 1 atom stereocenters. The van der Waals surface area contributed by atoms with Gasteiger partial charge in [-0.3, -0.25) is 6.29 Å². The third kappa shape index (κ3) is 5.25. The fourth-order valence-corrected chi connectivity index (χ4v) is 3.35. The Morgan fingerprint density at radius 3 is 2.60 bits per heavy atom. The molecule has 0 radical (unpaired) electrons. The SMILES string of the molecule is CCC([C-]=O)c1ccnc(CS(=O)(=O)C2CC2)n1.[K+].[OH-]. The second-order valence-corrected chi connectivity index (χ2v) is 6.76. The molecule has 8 heteroatoms. The van der Waals surface area contributed by atoms with Gasteiger partial charge in [0.2, 0.25) is 0 Å². The quantitative estimate of drug-likeness (QED) is 0.442. The van der Waals surface area contributed by atoms with Gasteiger partial charge in [0.25, 0.3) is 0 Å². The van der Waals surface area contributed by atoms with E-state index in [-0.39, 0.29) is 73.7 Å². The fourth-order valence-electron chi connectivity index (χ4n) is 1.76. The normalized spacial score (nSPS) is 15.7. The van der Waals surface area contributed by atoms with E-state index in [1.54, 1.807) is 6.07 Å². The average molecular weight is 323 g/mol. The van der Waals surface area contributed by atoms with Crippen molar-refractivity contribution in [3.05, 3.63) is 23.8 Å². The molecule has 1 aromatic heterocycles. The summed E-state index contributed by atoms with van der Waals surface area (Å²) < 4.78 is 23.7. The van der Waals surface area contributed by atoms with Crippen LogP contribution in [-0.4, -0.2) is 35.4 Å². The molecule has 106 valence electrons. The van der Waals surface area contributed by atoms with Crippen LogP contribution in [0.15, 0.2) is 12.3 Å². The Morgan fingerprint density at radius 1 is 1.45 bits per heavy atom. The average Bonchev–Trinajstić information content (AvgIpc) is 3.14. The van der Waals surface area contributed by atoms with Gasteiger partial charge in [0.1, 0.15) is 11.6 Å². The van der Waals surface area contributed by atoms with Crippen molar-refractivity contribution in [1.29, 1.82) is 0 Å². The van der Waals surface area contributed by atoms with Gasteiger partial charge in [-0.05, 0) is 18.9 Å². The first-order valence-electron chi connectivity index (χ1n) is 5.98. The van der Waals surface area contributed by atoms with Gasteiger partial charge >= 0.3 is 51.4 Å². The molecule has 0 aromatic carbocycles. The largest absolute Gasteiger partial charge is 1.00 e. The number of rotatable bonds is 6. The second-order valence-electron chi connectivity index (χ2n) is 4.48. The van der Waals surface area contributed by atoms with Crippen LogP contribution in [0.2, 0.25) is 0 Å². The maximum atomic E-state index is 11.8. The summed E-state index contributed by atoms with van der Waals surface area (Å²) in [6.07, 6.45) is 5.47. The molecule has 0 aliphatic heterocycles. The molecule has 1 N–H and O–H groups in total. The second kappa shape index (κ2) is 8.67. The first kappa shape index (κ1) is 20.3. The molecule has 1 fully saturated rings. The van der Waals surface area contributed by atoms with Crippen molar-refractivity contribution < 1.29 is 70.1 Å². The van der Waals surface area contributed by atoms with Crippen LogP contribution in [0, 0.1) is 0 Å². The monoisotopic (exact) mass is 323 g/mol. The molecule has 1 unspecified atom stereocenters. The summed E-state index contributed by atoms with van der Waals surface area (Å²) in [4.78, 5) is 18.9. The third-order valence-corrected chi connectivity index (χ3v) is 5.14. The predicted octanol–water partition coefficient (Wildman–Crippen LogP) is -2.02. The van der Waals surface area contributed by atoms with E-state index in [1.807, 2.05) is 13.2 Å². The minimum Gasteiger partial charge on any atom is -0.870 e. The number of nitrogens with zero attached hydrogens (tertiary/aromatic N) is 2. The van der Waals surface area contributed by atoms with E-state index in [0.717, 1.165) is 12.8 Å². The maximum Gasteiger partial charge on any atom is 1.00 e. The van der Waals surface area contributed by atoms with E-state index >= 15 is 0 Å². The summed E-state index contributed by atoms with van der Waals surface area (Å²) in [6, 6.07) is 1.63. The summed E-state index contributed by atoms with van der Waals surface area (Å²) in [5.74, 6) is -0.274. The Hall–Kier alpha value is 0.296. The van der Waals surface area contributed by atoms with Crippen molar-refractivity contribution >= 4 is 16.1 Å². The van der Waals surface area contributed by atoms with Crippen molar-refractivity contribution in [3.63, 3.8) is 0 Å². The van der Waals surface area contributed by atoms with E-state index in [2.05, 4.69) is 9.97 Å². The van der Waals surface area contributed by atoms with Crippen LogP contribution in [0.5, 0.6) is 0 Å². The summed E-state index contributed by atoms with van der Waals surface area (Å²) >= 11 is 0. The van der Waals surface area contributed by atoms with Crippen LogP contribution in [0.25, 0.3) is 0 Å². The van der Waals surface area contributed by atoms with Crippen LogP contribution in [0.1, 0.15) is 43.6 Å². The summed E-state index contributed by atoms with van der Waals surface area (Å²) in [6.45, 7) is 1.86. The number of hydrogen-bond acceptors (Lipinski definition) is 6. The predicted molar refractivity (Wildman–Crippen MR) is 68.3 cm³/mol. The van der Waals surface area contributed by atoms with Gasteiger partial charge in [0, 0.05) is 11.9 Å². The van der Waals surface area contributed by atoms with E-state index in [1.165, 1.54) is 6.20 Å². The van der Waals surface area contributed by atoms with E-state index in [0.29, 0.717) is 12.1 Å². The molecule has 0 bridgehead atoms. The van der Waals surface area contributed by atoms with Crippen LogP contribution in [0.4, 0.5) is 0 Å². The van der Waals surface area contributed by atoms with Gasteiger partial charge in [-0.25, -0.2) is 18.4 Å². The Bertz CT molecular complexity index is 546. The van der Waals surface area contributed by atoms with Gasteiger partial charge in [0.05, 0.1) is 5.25 Å². The number of aromatic nitrogens is 2. The molecule has 20 heavy (non-hydrogen) atoms. The van der Waals surface area contributed by atoms with Crippen LogP contribution >= 0.6 is 0 Å². The van der Waals surface area contributed by atoms with Crippen LogP contribution in [-0.2, 0) is 20.4 Å². The first-order chi connectivity index (χ1) is 8.56. The van der Waals surface area contributed by atoms with E-state index in [9.17, 15) is 13.2 Å². The van der Waals surface area contributed by atoms with Crippen molar-refractivity contribution in [1.82, 2.24) is 9.97 Å². The molecule has 1 aliphatic rings. The Morgan fingerprint density at radius 2 is 2.10 bits per heavy atom. The molecule has 2 rings (SSSR count). The van der Waals surface area contributed by atoms with Gasteiger partial charge in [-0.2, -0.15) is 0 Å². The van der Waals surface area contributed by atoms with Crippen LogP contribution in [0.3, 0.4) is 0 Å². The molecule has 0 amide bonds. The van der Waals surface area contributed by atoms with E-state index < -0.39 is 15.8 Å². The Balaban J connectivity index is 0.00000180. The minimum absolute atomic E-state index is 0. The smallest absolute Gasteiger partial charge is 0.870 e. The molecule has 0 spiro atoms. The third-order valence-electron chi connectivity index (χ3n) is 3.00. The molecule has 0 saturated heterocycles. The minimum atomic E-state index is -3.12. The topological polar surface area (TPSA) is 107 Å². The first-order valence-corrected chi connectivity index (χ1v) is 7.69. The molecule has 1 heterocycles. The van der Waals surface area contributed by atoms with Crippen LogP contribution < -0.4 is 51.4 Å². The molecule has 6 nitrogen and oxygen atoms in total. The summed E-state index contributed by atoms with van der Waals surface area (Å²) in [5, 5.41) is -0.218. The summed E-state index contributed by atoms with van der Waals surface area (Å²) in [5.41, 5.74) is 0.545. The van der Waals surface area contributed by atoms with Gasteiger partial charge in [0.15, 0.2) is 9.84 Å². The number of sulfone groups is 1. The van der Waals surface area contributed by atoms with E-state index in [4.69, 9.17) is 0 Å². The zero-order chi connectivity index (χ0) is 13.2. The molecular formula is C12H16KN2O4S-. The molecular weight excluding hydrogens is 307 g/mol.